The van der Waals surface area contributed by atoms with Crippen LogP contribution in [0, 0.1) is 0 Å². The number of nitrogens with one attached hydrogen (secondary N) is 2. The summed E-state index contributed by atoms with van der Waals surface area (Å²) in [6.45, 7) is 3.71. The molecule has 0 aliphatic heterocycles. The van der Waals surface area contributed by atoms with E-state index >= 15 is 0 Å². The maximum Gasteiger partial charge on any atom is 0.242 e. The van der Waals surface area contributed by atoms with Gasteiger partial charge in [-0.2, -0.15) is 0 Å². The molecule has 21 heavy (non-hydrogen) atoms. The lowest BCUT2D eigenvalue weighted by Crippen LogP contribution is -2.27. The molecular formula is C12H19ClN2O4S2. The molecule has 2 N–H and O–H groups in total. The van der Waals surface area contributed by atoms with Crippen LogP contribution in [-0.4, -0.2) is 42.7 Å². The van der Waals surface area contributed by atoms with Crippen molar-refractivity contribution in [2.75, 3.05) is 25.9 Å². The van der Waals surface area contributed by atoms with E-state index in [-0.39, 0.29) is 21.4 Å². The fourth-order valence-corrected chi connectivity index (χ4v) is 3.91. The molecule has 9 heteroatoms. The van der Waals surface area contributed by atoms with Crippen molar-refractivity contribution < 1.29 is 16.8 Å². The maximum absolute atomic E-state index is 12.2. The highest BCUT2D eigenvalue weighted by atomic mass is 35.5. The van der Waals surface area contributed by atoms with Gasteiger partial charge in [-0.15, -0.1) is 0 Å². The molecule has 0 unspecified atom stereocenters. The van der Waals surface area contributed by atoms with E-state index in [4.69, 9.17) is 11.6 Å². The van der Waals surface area contributed by atoms with Crippen LogP contribution in [0.3, 0.4) is 0 Å². The first-order valence-electron chi connectivity index (χ1n) is 6.38. The summed E-state index contributed by atoms with van der Waals surface area (Å²) in [4.78, 5) is -0.310. The van der Waals surface area contributed by atoms with Crippen LogP contribution in [0.4, 0.5) is 0 Å². The average Bonchev–Trinajstić information content (AvgIpc) is 2.37. The van der Waals surface area contributed by atoms with E-state index in [9.17, 15) is 16.8 Å². The molecule has 0 bridgehead atoms. The SMILES string of the molecule is CCNCCCNS(=O)(=O)c1cc(S(C)(=O)=O)ccc1Cl. The second kappa shape index (κ2) is 7.55. The van der Waals surface area contributed by atoms with Gasteiger partial charge in [0.05, 0.1) is 9.92 Å². The van der Waals surface area contributed by atoms with E-state index in [0.717, 1.165) is 18.9 Å². The van der Waals surface area contributed by atoms with Crippen molar-refractivity contribution in [3.63, 3.8) is 0 Å². The smallest absolute Gasteiger partial charge is 0.242 e. The Balaban J connectivity index is 2.92. The Morgan fingerprint density at radius 2 is 1.81 bits per heavy atom. The normalized spacial score (nSPS) is 12.5. The molecule has 0 saturated heterocycles. The lowest BCUT2D eigenvalue weighted by Gasteiger charge is -2.10. The number of hydrogen-bond donors (Lipinski definition) is 2. The molecule has 1 aromatic rings. The summed E-state index contributed by atoms with van der Waals surface area (Å²) in [5, 5.41) is 3.06. The Bertz CT molecular complexity index is 687. The standard InChI is InChI=1S/C12H19ClN2O4S2/c1-3-14-7-4-8-15-21(18,19)12-9-10(20(2,16)17)5-6-11(12)13/h5-6,9,14-15H,3-4,7-8H2,1-2H3. The molecule has 0 atom stereocenters. The molecule has 0 spiro atoms. The van der Waals surface area contributed by atoms with Crippen molar-refractivity contribution in [2.45, 2.75) is 23.1 Å². The van der Waals surface area contributed by atoms with E-state index in [0.29, 0.717) is 13.0 Å². The van der Waals surface area contributed by atoms with Crippen LogP contribution in [0.25, 0.3) is 0 Å². The van der Waals surface area contributed by atoms with Gasteiger partial charge < -0.3 is 5.32 Å². The monoisotopic (exact) mass is 354 g/mol. The minimum atomic E-state index is -3.84. The van der Waals surface area contributed by atoms with Crippen molar-refractivity contribution in [1.82, 2.24) is 10.0 Å². The summed E-state index contributed by atoms with van der Waals surface area (Å²) in [6, 6.07) is 3.62. The number of rotatable bonds is 8. The van der Waals surface area contributed by atoms with Gasteiger partial charge >= 0.3 is 0 Å². The number of sulfonamides is 1. The predicted molar refractivity (Wildman–Crippen MR) is 82.9 cm³/mol. The van der Waals surface area contributed by atoms with Crippen LogP contribution in [0.5, 0.6) is 0 Å². The molecule has 0 amide bonds. The Kier molecular flexibility index (Phi) is 6.61. The molecule has 0 saturated carbocycles. The van der Waals surface area contributed by atoms with Crippen molar-refractivity contribution in [2.24, 2.45) is 0 Å². The maximum atomic E-state index is 12.2. The summed E-state index contributed by atoms with van der Waals surface area (Å²) in [5.74, 6) is 0. The fraction of sp³-hybridized carbons (Fsp3) is 0.500. The van der Waals surface area contributed by atoms with Gasteiger partial charge in [-0.25, -0.2) is 21.6 Å². The molecule has 0 heterocycles. The third-order valence-corrected chi connectivity index (χ3v) is 5.75. The van der Waals surface area contributed by atoms with Gasteiger partial charge in [0.2, 0.25) is 10.0 Å². The number of halogens is 1. The zero-order chi connectivity index (χ0) is 16.1. The first-order chi connectivity index (χ1) is 9.68. The van der Waals surface area contributed by atoms with Gasteiger partial charge in [-0.05, 0) is 37.7 Å². The van der Waals surface area contributed by atoms with Gasteiger partial charge in [-0.3, -0.25) is 0 Å². The zero-order valence-electron chi connectivity index (χ0n) is 11.9. The van der Waals surface area contributed by atoms with Crippen LogP contribution in [0.1, 0.15) is 13.3 Å². The van der Waals surface area contributed by atoms with Gasteiger partial charge in [-0.1, -0.05) is 18.5 Å². The lowest BCUT2D eigenvalue weighted by atomic mass is 10.4. The van der Waals surface area contributed by atoms with Gasteiger partial charge in [0, 0.05) is 12.8 Å². The summed E-state index contributed by atoms with van der Waals surface area (Å²) >= 11 is 5.87. The minimum Gasteiger partial charge on any atom is -0.317 e. The quantitative estimate of drug-likeness (QED) is 0.680. The first kappa shape index (κ1) is 18.4. The fourth-order valence-electron chi connectivity index (χ4n) is 1.59. The summed E-state index contributed by atoms with van der Waals surface area (Å²) < 4.78 is 49.7. The number of benzene rings is 1. The van der Waals surface area contributed by atoms with E-state index in [2.05, 4.69) is 10.0 Å². The highest BCUT2D eigenvalue weighted by Crippen LogP contribution is 2.24. The van der Waals surface area contributed by atoms with E-state index in [1.54, 1.807) is 0 Å². The summed E-state index contributed by atoms with van der Waals surface area (Å²) in [6.07, 6.45) is 1.63. The summed E-state index contributed by atoms with van der Waals surface area (Å²) in [7, 11) is -7.33. The van der Waals surface area contributed by atoms with Gasteiger partial charge in [0.1, 0.15) is 4.90 Å². The molecule has 0 radical (unpaired) electrons. The minimum absolute atomic E-state index is 0.0124. The Labute approximate surface area is 130 Å². The van der Waals surface area contributed by atoms with E-state index in [1.807, 2.05) is 6.92 Å². The summed E-state index contributed by atoms with van der Waals surface area (Å²) in [5.41, 5.74) is 0. The number of hydrogen-bond acceptors (Lipinski definition) is 5. The van der Waals surface area contributed by atoms with Crippen molar-refractivity contribution in [3.05, 3.63) is 23.2 Å². The molecule has 0 fully saturated rings. The van der Waals surface area contributed by atoms with E-state index < -0.39 is 19.9 Å². The third kappa shape index (κ3) is 5.55. The largest absolute Gasteiger partial charge is 0.317 e. The molecule has 0 aliphatic rings. The van der Waals surface area contributed by atoms with Crippen LogP contribution < -0.4 is 10.0 Å². The molecule has 1 rings (SSSR count). The third-order valence-electron chi connectivity index (χ3n) is 2.69. The average molecular weight is 355 g/mol. The number of sulfone groups is 1. The molecule has 1 aromatic carbocycles. The molecular weight excluding hydrogens is 336 g/mol. The van der Waals surface area contributed by atoms with Crippen LogP contribution in [-0.2, 0) is 19.9 Å². The van der Waals surface area contributed by atoms with Crippen LogP contribution >= 0.6 is 11.6 Å². The molecule has 0 aliphatic carbocycles. The first-order valence-corrected chi connectivity index (χ1v) is 10.1. The Morgan fingerprint density at radius 1 is 1.14 bits per heavy atom. The molecule has 120 valence electrons. The second-order valence-corrected chi connectivity index (χ2v) is 8.63. The van der Waals surface area contributed by atoms with Gasteiger partial charge in [0.15, 0.2) is 9.84 Å². The van der Waals surface area contributed by atoms with Crippen LogP contribution in [0.15, 0.2) is 28.0 Å². The molecule has 6 nitrogen and oxygen atoms in total. The van der Waals surface area contributed by atoms with Crippen molar-refractivity contribution >= 4 is 31.5 Å². The molecule has 0 aromatic heterocycles. The Hall–Kier alpha value is -0.670. The van der Waals surface area contributed by atoms with Crippen LogP contribution in [0.2, 0.25) is 5.02 Å². The Morgan fingerprint density at radius 3 is 2.38 bits per heavy atom. The highest BCUT2D eigenvalue weighted by molar-refractivity contribution is 7.91. The van der Waals surface area contributed by atoms with E-state index in [1.165, 1.54) is 12.1 Å². The highest BCUT2D eigenvalue weighted by Gasteiger charge is 2.20. The van der Waals surface area contributed by atoms with Crippen molar-refractivity contribution in [1.29, 1.82) is 0 Å². The topological polar surface area (TPSA) is 92.3 Å². The van der Waals surface area contributed by atoms with Crippen molar-refractivity contribution in [3.8, 4) is 0 Å². The second-order valence-electron chi connectivity index (χ2n) is 4.47. The predicted octanol–water partition coefficient (Wildman–Crippen LogP) is 1.02. The van der Waals surface area contributed by atoms with Gasteiger partial charge in [0.25, 0.3) is 0 Å². The zero-order valence-corrected chi connectivity index (χ0v) is 14.3. The lowest BCUT2D eigenvalue weighted by molar-refractivity contribution is 0.575.